The Morgan fingerprint density at radius 3 is 2.41 bits per heavy atom. The van der Waals surface area contributed by atoms with Crippen LogP contribution in [-0.4, -0.2) is 36.4 Å². The van der Waals surface area contributed by atoms with E-state index in [9.17, 15) is 9.59 Å². The second-order valence-corrected chi connectivity index (χ2v) is 6.98. The highest BCUT2D eigenvalue weighted by Gasteiger charge is 2.23. The van der Waals surface area contributed by atoms with Crippen molar-refractivity contribution in [2.24, 2.45) is 5.92 Å². The van der Waals surface area contributed by atoms with Crippen molar-refractivity contribution in [1.29, 1.82) is 0 Å². The summed E-state index contributed by atoms with van der Waals surface area (Å²) in [5.41, 5.74) is 1.94. The standard InChI is InChI=1S/C22H26N2O3/c1-17(25)23-20-9-5-6-10-21(20)27-16-22(26)24-13-11-19(12-14-24)15-18-7-3-2-4-8-18/h2-10,19H,11-16H2,1H3,(H,23,25). The molecular formula is C22H26N2O3. The minimum Gasteiger partial charge on any atom is -0.482 e. The van der Waals surface area contributed by atoms with Gasteiger partial charge in [0.15, 0.2) is 6.61 Å². The number of nitrogens with one attached hydrogen (secondary N) is 1. The second-order valence-electron chi connectivity index (χ2n) is 6.98. The Morgan fingerprint density at radius 1 is 1.04 bits per heavy atom. The van der Waals surface area contributed by atoms with E-state index in [1.165, 1.54) is 12.5 Å². The van der Waals surface area contributed by atoms with E-state index in [1.807, 2.05) is 23.1 Å². The van der Waals surface area contributed by atoms with Crippen molar-refractivity contribution in [2.45, 2.75) is 26.2 Å². The van der Waals surface area contributed by atoms with Crippen molar-refractivity contribution >= 4 is 17.5 Å². The van der Waals surface area contributed by atoms with Gasteiger partial charge in [-0.3, -0.25) is 9.59 Å². The molecule has 0 saturated carbocycles. The van der Waals surface area contributed by atoms with Gasteiger partial charge >= 0.3 is 0 Å². The van der Waals surface area contributed by atoms with Crippen molar-refractivity contribution < 1.29 is 14.3 Å². The lowest BCUT2D eigenvalue weighted by Crippen LogP contribution is -2.41. The van der Waals surface area contributed by atoms with Crippen molar-refractivity contribution in [3.8, 4) is 5.75 Å². The van der Waals surface area contributed by atoms with Gasteiger partial charge in [-0.15, -0.1) is 0 Å². The summed E-state index contributed by atoms with van der Waals surface area (Å²) >= 11 is 0. The van der Waals surface area contributed by atoms with Crippen LogP contribution in [0.1, 0.15) is 25.3 Å². The number of carbonyl (C=O) groups is 2. The maximum Gasteiger partial charge on any atom is 0.260 e. The highest BCUT2D eigenvalue weighted by Crippen LogP contribution is 2.25. The molecule has 0 spiro atoms. The maximum absolute atomic E-state index is 12.5. The smallest absolute Gasteiger partial charge is 0.260 e. The number of amides is 2. The summed E-state index contributed by atoms with van der Waals surface area (Å²) in [7, 11) is 0. The zero-order valence-electron chi connectivity index (χ0n) is 15.7. The minimum atomic E-state index is -0.169. The first-order valence-corrected chi connectivity index (χ1v) is 9.43. The number of nitrogens with zero attached hydrogens (tertiary/aromatic N) is 1. The molecule has 27 heavy (non-hydrogen) atoms. The topological polar surface area (TPSA) is 58.6 Å². The molecule has 5 heteroatoms. The predicted octanol–water partition coefficient (Wildman–Crippen LogP) is 3.51. The fraction of sp³-hybridized carbons (Fsp3) is 0.364. The van der Waals surface area contributed by atoms with Crippen molar-refractivity contribution in [2.75, 3.05) is 25.0 Å². The Kier molecular flexibility index (Phi) is 6.47. The highest BCUT2D eigenvalue weighted by molar-refractivity contribution is 5.90. The van der Waals surface area contributed by atoms with Gasteiger partial charge in [-0.1, -0.05) is 42.5 Å². The molecule has 0 unspecified atom stereocenters. The quantitative estimate of drug-likeness (QED) is 0.851. The van der Waals surface area contributed by atoms with Crippen molar-refractivity contribution in [1.82, 2.24) is 4.90 Å². The van der Waals surface area contributed by atoms with Gasteiger partial charge in [0.25, 0.3) is 5.91 Å². The highest BCUT2D eigenvalue weighted by atomic mass is 16.5. The lowest BCUT2D eigenvalue weighted by atomic mass is 9.90. The molecule has 0 radical (unpaired) electrons. The first-order chi connectivity index (χ1) is 13.1. The molecular weight excluding hydrogens is 340 g/mol. The summed E-state index contributed by atoms with van der Waals surface area (Å²) < 4.78 is 5.67. The molecule has 5 nitrogen and oxygen atoms in total. The van der Waals surface area contributed by atoms with Crippen LogP contribution in [0.5, 0.6) is 5.75 Å². The van der Waals surface area contributed by atoms with E-state index in [0.717, 1.165) is 32.4 Å². The summed E-state index contributed by atoms with van der Waals surface area (Å²) in [6.45, 7) is 2.97. The van der Waals surface area contributed by atoms with E-state index >= 15 is 0 Å². The lowest BCUT2D eigenvalue weighted by molar-refractivity contribution is -0.134. The van der Waals surface area contributed by atoms with Gasteiger partial charge in [-0.25, -0.2) is 0 Å². The van der Waals surface area contributed by atoms with Crippen LogP contribution in [0, 0.1) is 5.92 Å². The first kappa shape index (κ1) is 19.0. The van der Waals surface area contributed by atoms with Gasteiger partial charge in [0.1, 0.15) is 5.75 Å². The molecule has 1 fully saturated rings. The molecule has 1 saturated heterocycles. The number of anilines is 1. The number of ether oxygens (including phenoxy) is 1. The number of para-hydroxylation sites is 2. The van der Waals surface area contributed by atoms with Gasteiger partial charge in [0.05, 0.1) is 5.69 Å². The molecule has 1 heterocycles. The Hall–Kier alpha value is -2.82. The van der Waals surface area contributed by atoms with Gasteiger partial charge in [-0.2, -0.15) is 0 Å². The number of benzene rings is 2. The van der Waals surface area contributed by atoms with E-state index in [-0.39, 0.29) is 18.4 Å². The number of likely N-dealkylation sites (tertiary alicyclic amines) is 1. The first-order valence-electron chi connectivity index (χ1n) is 9.43. The fourth-order valence-corrected chi connectivity index (χ4v) is 3.45. The van der Waals surface area contributed by atoms with Gasteiger partial charge in [-0.05, 0) is 42.9 Å². The molecule has 3 rings (SSSR count). The van der Waals surface area contributed by atoms with Gasteiger partial charge in [0, 0.05) is 20.0 Å². The number of piperidine rings is 1. The number of rotatable bonds is 6. The number of hydrogen-bond acceptors (Lipinski definition) is 3. The molecule has 0 aliphatic carbocycles. The van der Waals surface area contributed by atoms with E-state index in [1.54, 1.807) is 12.1 Å². The average Bonchev–Trinajstić information content (AvgIpc) is 2.68. The summed E-state index contributed by atoms with van der Waals surface area (Å²) in [4.78, 5) is 25.6. The van der Waals surface area contributed by atoms with Crippen molar-refractivity contribution in [3.05, 3.63) is 60.2 Å². The molecule has 1 aliphatic rings. The molecule has 142 valence electrons. The normalized spacial score (nSPS) is 14.6. The maximum atomic E-state index is 12.5. The van der Waals surface area contributed by atoms with Crippen LogP contribution in [0.15, 0.2) is 54.6 Å². The molecule has 0 aromatic heterocycles. The summed E-state index contributed by atoms with van der Waals surface area (Å²) in [5.74, 6) is 0.960. The third kappa shape index (κ3) is 5.58. The van der Waals surface area contributed by atoms with Crippen LogP contribution in [0.2, 0.25) is 0 Å². The molecule has 1 N–H and O–H groups in total. The second kappa shape index (κ2) is 9.21. The van der Waals surface area contributed by atoms with Crippen LogP contribution in [0.25, 0.3) is 0 Å². The SMILES string of the molecule is CC(=O)Nc1ccccc1OCC(=O)N1CCC(Cc2ccccc2)CC1. The molecule has 2 aromatic rings. The number of hydrogen-bond donors (Lipinski definition) is 1. The fourth-order valence-electron chi connectivity index (χ4n) is 3.45. The minimum absolute atomic E-state index is 0.00853. The number of carbonyl (C=O) groups excluding carboxylic acids is 2. The third-order valence-corrected chi connectivity index (χ3v) is 4.88. The summed E-state index contributed by atoms with van der Waals surface area (Å²) in [6.07, 6.45) is 3.11. The molecule has 2 aromatic carbocycles. The Labute approximate surface area is 160 Å². The third-order valence-electron chi connectivity index (χ3n) is 4.88. The Balaban J connectivity index is 1.47. The average molecular weight is 366 g/mol. The van der Waals surface area contributed by atoms with Gasteiger partial charge in [0.2, 0.25) is 5.91 Å². The molecule has 0 atom stereocenters. The van der Waals surface area contributed by atoms with Crippen molar-refractivity contribution in [3.63, 3.8) is 0 Å². The van der Waals surface area contributed by atoms with E-state index in [0.29, 0.717) is 17.4 Å². The van der Waals surface area contributed by atoms with Crippen LogP contribution < -0.4 is 10.1 Å². The van der Waals surface area contributed by atoms with Crippen LogP contribution in [-0.2, 0) is 16.0 Å². The van der Waals surface area contributed by atoms with E-state index in [4.69, 9.17) is 4.74 Å². The van der Waals surface area contributed by atoms with Gasteiger partial charge < -0.3 is 15.0 Å². The summed E-state index contributed by atoms with van der Waals surface area (Å²) in [5, 5.41) is 2.72. The Bertz CT molecular complexity index is 768. The largest absolute Gasteiger partial charge is 0.482 e. The predicted molar refractivity (Wildman–Crippen MR) is 106 cm³/mol. The molecule has 1 aliphatic heterocycles. The monoisotopic (exact) mass is 366 g/mol. The summed E-state index contributed by atoms with van der Waals surface area (Å²) in [6, 6.07) is 17.7. The van der Waals surface area contributed by atoms with Crippen LogP contribution in [0.3, 0.4) is 0 Å². The molecule has 2 amide bonds. The molecule has 0 bridgehead atoms. The van der Waals surface area contributed by atoms with Crippen LogP contribution in [0.4, 0.5) is 5.69 Å². The lowest BCUT2D eigenvalue weighted by Gasteiger charge is -2.32. The zero-order valence-corrected chi connectivity index (χ0v) is 15.7. The van der Waals surface area contributed by atoms with E-state index in [2.05, 4.69) is 29.6 Å². The van der Waals surface area contributed by atoms with E-state index < -0.39 is 0 Å². The Morgan fingerprint density at radius 2 is 1.70 bits per heavy atom. The van der Waals surface area contributed by atoms with Crippen LogP contribution >= 0.6 is 0 Å². The zero-order chi connectivity index (χ0) is 19.1.